The second kappa shape index (κ2) is 6.33. The van der Waals surface area contributed by atoms with Gasteiger partial charge in [-0.2, -0.15) is 0 Å². The molecule has 20 heavy (non-hydrogen) atoms. The fraction of sp³-hybridized carbons (Fsp3) is 0.357. The Morgan fingerprint density at radius 1 is 1.35 bits per heavy atom. The molecule has 0 fully saturated rings. The molecule has 6 heteroatoms. The molecular weight excluding hydrogens is 284 g/mol. The minimum atomic E-state index is -0.611. The van der Waals surface area contributed by atoms with E-state index in [1.165, 1.54) is 0 Å². The minimum absolute atomic E-state index is 0.204. The average molecular weight is 300 g/mol. The van der Waals surface area contributed by atoms with Crippen LogP contribution in [0.4, 0.5) is 8.78 Å². The number of aryl methyl sites for hydroxylation is 2. The highest BCUT2D eigenvalue weighted by Crippen LogP contribution is 2.26. The van der Waals surface area contributed by atoms with Crippen LogP contribution in [0.5, 0.6) is 0 Å². The molecule has 1 heterocycles. The van der Waals surface area contributed by atoms with Crippen LogP contribution < -0.4 is 5.32 Å². The van der Waals surface area contributed by atoms with Crippen molar-refractivity contribution in [1.29, 1.82) is 0 Å². The summed E-state index contributed by atoms with van der Waals surface area (Å²) < 4.78 is 29.3. The number of halogens is 3. The van der Waals surface area contributed by atoms with Gasteiger partial charge in [0.15, 0.2) is 0 Å². The van der Waals surface area contributed by atoms with Gasteiger partial charge < -0.3 is 9.88 Å². The lowest BCUT2D eigenvalue weighted by atomic mass is 10.0. The fourth-order valence-corrected chi connectivity index (χ4v) is 2.32. The van der Waals surface area contributed by atoms with E-state index in [-0.39, 0.29) is 16.6 Å². The van der Waals surface area contributed by atoms with Crippen LogP contribution in [0.15, 0.2) is 24.5 Å². The third-order valence-electron chi connectivity index (χ3n) is 3.34. The molecule has 0 bridgehead atoms. The first-order chi connectivity index (χ1) is 9.52. The molecule has 1 N–H and O–H groups in total. The van der Waals surface area contributed by atoms with Crippen molar-refractivity contribution in [3.05, 3.63) is 52.6 Å². The molecule has 0 saturated carbocycles. The van der Waals surface area contributed by atoms with E-state index in [4.69, 9.17) is 11.6 Å². The van der Waals surface area contributed by atoms with E-state index in [2.05, 4.69) is 10.3 Å². The van der Waals surface area contributed by atoms with E-state index in [1.54, 1.807) is 13.2 Å². The number of imidazole rings is 1. The Balaban J connectivity index is 2.16. The van der Waals surface area contributed by atoms with Crippen LogP contribution >= 0.6 is 11.6 Å². The second-order valence-corrected chi connectivity index (χ2v) is 5.03. The van der Waals surface area contributed by atoms with Gasteiger partial charge in [-0.3, -0.25) is 0 Å². The smallest absolute Gasteiger partial charge is 0.142 e. The van der Waals surface area contributed by atoms with Crippen LogP contribution in [0, 0.1) is 11.6 Å². The highest BCUT2D eigenvalue weighted by Gasteiger charge is 2.17. The van der Waals surface area contributed by atoms with Crippen LogP contribution in [0.3, 0.4) is 0 Å². The molecular formula is C14H16ClF2N3. The molecule has 1 unspecified atom stereocenters. The summed E-state index contributed by atoms with van der Waals surface area (Å²) in [6.07, 6.45) is 4.84. The standard InChI is InChI=1S/C14H16ClF2N3/c1-18-13(3-4-14-19-5-6-20(14)2)9-7-12(17)10(15)8-11(9)16/h5-8,13,18H,3-4H2,1-2H3. The van der Waals surface area contributed by atoms with Crippen LogP contribution in [-0.4, -0.2) is 16.6 Å². The maximum atomic E-state index is 13.9. The molecule has 2 rings (SSSR count). The number of nitrogens with one attached hydrogen (secondary N) is 1. The number of rotatable bonds is 5. The van der Waals surface area contributed by atoms with Crippen molar-refractivity contribution < 1.29 is 8.78 Å². The van der Waals surface area contributed by atoms with E-state index < -0.39 is 11.6 Å². The Kier molecular flexibility index (Phi) is 4.73. The van der Waals surface area contributed by atoms with Gasteiger partial charge in [0.05, 0.1) is 5.02 Å². The lowest BCUT2D eigenvalue weighted by Crippen LogP contribution is -2.19. The number of aromatic nitrogens is 2. The quantitative estimate of drug-likeness (QED) is 0.859. The summed E-state index contributed by atoms with van der Waals surface area (Å²) >= 11 is 5.56. The first-order valence-corrected chi connectivity index (χ1v) is 6.68. The third kappa shape index (κ3) is 3.16. The van der Waals surface area contributed by atoms with Gasteiger partial charge in [-0.05, 0) is 25.6 Å². The van der Waals surface area contributed by atoms with Crippen LogP contribution in [0.2, 0.25) is 5.02 Å². The zero-order valence-electron chi connectivity index (χ0n) is 11.3. The molecule has 0 radical (unpaired) electrons. The molecule has 0 spiro atoms. The third-order valence-corrected chi connectivity index (χ3v) is 3.63. The monoisotopic (exact) mass is 299 g/mol. The number of nitrogens with zero attached hydrogens (tertiary/aromatic N) is 2. The van der Waals surface area contributed by atoms with Crippen molar-refractivity contribution in [2.24, 2.45) is 7.05 Å². The SMILES string of the molecule is CNC(CCc1nccn1C)c1cc(F)c(Cl)cc1F. The lowest BCUT2D eigenvalue weighted by Gasteiger charge is -2.17. The topological polar surface area (TPSA) is 29.9 Å². The number of hydrogen-bond donors (Lipinski definition) is 1. The first kappa shape index (κ1) is 14.9. The van der Waals surface area contributed by atoms with Crippen molar-refractivity contribution in [1.82, 2.24) is 14.9 Å². The molecule has 0 aliphatic rings. The largest absolute Gasteiger partial charge is 0.338 e. The van der Waals surface area contributed by atoms with Gasteiger partial charge in [0, 0.05) is 37.5 Å². The summed E-state index contributed by atoms with van der Waals surface area (Å²) in [4.78, 5) is 4.22. The maximum absolute atomic E-state index is 13.9. The Hall–Kier alpha value is -1.46. The summed E-state index contributed by atoms with van der Waals surface area (Å²) in [5.74, 6) is -0.212. The maximum Gasteiger partial charge on any atom is 0.142 e. The van der Waals surface area contributed by atoms with E-state index >= 15 is 0 Å². The molecule has 0 aliphatic heterocycles. The lowest BCUT2D eigenvalue weighted by molar-refractivity contribution is 0.494. The summed E-state index contributed by atoms with van der Waals surface area (Å²) in [6.45, 7) is 0. The van der Waals surface area contributed by atoms with Crippen LogP contribution in [0.25, 0.3) is 0 Å². The normalized spacial score (nSPS) is 12.7. The predicted octanol–water partition coefficient (Wildman–Crippen LogP) is 3.25. The highest BCUT2D eigenvalue weighted by atomic mass is 35.5. The first-order valence-electron chi connectivity index (χ1n) is 6.30. The highest BCUT2D eigenvalue weighted by molar-refractivity contribution is 6.30. The van der Waals surface area contributed by atoms with E-state index in [9.17, 15) is 8.78 Å². The average Bonchev–Trinajstić information content (AvgIpc) is 2.81. The minimum Gasteiger partial charge on any atom is -0.338 e. The molecule has 0 aliphatic carbocycles. The molecule has 108 valence electrons. The fourth-order valence-electron chi connectivity index (χ4n) is 2.17. The number of hydrogen-bond acceptors (Lipinski definition) is 2. The van der Waals surface area contributed by atoms with E-state index in [0.717, 1.165) is 18.0 Å². The molecule has 3 nitrogen and oxygen atoms in total. The number of benzene rings is 1. The summed E-state index contributed by atoms with van der Waals surface area (Å²) in [6, 6.07) is 1.87. The van der Waals surface area contributed by atoms with Crippen molar-refractivity contribution in [3.63, 3.8) is 0 Å². The summed E-state index contributed by atoms with van der Waals surface area (Å²) in [5, 5.41) is 2.80. The van der Waals surface area contributed by atoms with Crippen molar-refractivity contribution in [2.75, 3.05) is 7.05 Å². The van der Waals surface area contributed by atoms with Gasteiger partial charge in [0.25, 0.3) is 0 Å². The van der Waals surface area contributed by atoms with Gasteiger partial charge in [-0.1, -0.05) is 11.6 Å². The van der Waals surface area contributed by atoms with Gasteiger partial charge in [0.1, 0.15) is 17.5 Å². The van der Waals surface area contributed by atoms with Gasteiger partial charge in [-0.25, -0.2) is 13.8 Å². The Morgan fingerprint density at radius 3 is 2.70 bits per heavy atom. The van der Waals surface area contributed by atoms with E-state index in [1.807, 2.05) is 17.8 Å². The summed E-state index contributed by atoms with van der Waals surface area (Å²) in [5.41, 5.74) is 0.281. The van der Waals surface area contributed by atoms with Crippen LogP contribution in [-0.2, 0) is 13.5 Å². The zero-order valence-corrected chi connectivity index (χ0v) is 12.1. The van der Waals surface area contributed by atoms with Gasteiger partial charge in [-0.15, -0.1) is 0 Å². The van der Waals surface area contributed by atoms with Crippen molar-refractivity contribution in [3.8, 4) is 0 Å². The molecule has 1 aromatic carbocycles. The Morgan fingerprint density at radius 2 is 2.10 bits per heavy atom. The van der Waals surface area contributed by atoms with Gasteiger partial charge in [0.2, 0.25) is 0 Å². The van der Waals surface area contributed by atoms with E-state index in [0.29, 0.717) is 12.8 Å². The molecule has 1 atom stereocenters. The summed E-state index contributed by atoms with van der Waals surface area (Å²) in [7, 11) is 3.62. The molecule has 2 aromatic rings. The zero-order chi connectivity index (χ0) is 14.7. The molecule has 0 amide bonds. The van der Waals surface area contributed by atoms with Crippen LogP contribution in [0.1, 0.15) is 23.9 Å². The van der Waals surface area contributed by atoms with Crippen molar-refractivity contribution in [2.45, 2.75) is 18.9 Å². The predicted molar refractivity (Wildman–Crippen MR) is 74.7 cm³/mol. The molecule has 0 saturated heterocycles. The van der Waals surface area contributed by atoms with Gasteiger partial charge >= 0.3 is 0 Å². The second-order valence-electron chi connectivity index (χ2n) is 4.62. The Bertz CT molecular complexity index is 598. The molecule has 1 aromatic heterocycles. The van der Waals surface area contributed by atoms with Crippen molar-refractivity contribution >= 4 is 11.6 Å². The Labute approximate surface area is 121 Å².